The molecule has 4 nitrogen and oxygen atoms in total. The summed E-state index contributed by atoms with van der Waals surface area (Å²) >= 11 is 17.6. The fraction of sp³-hybridized carbons (Fsp3) is 0.125. The average Bonchev–Trinajstić information content (AvgIpc) is 2.46. The van der Waals surface area contributed by atoms with Crippen LogP contribution in [0.1, 0.15) is 12.0 Å². The van der Waals surface area contributed by atoms with Crippen LogP contribution in [0.5, 0.6) is 0 Å². The van der Waals surface area contributed by atoms with Crippen molar-refractivity contribution in [2.45, 2.75) is 13.3 Å². The fourth-order valence-electron chi connectivity index (χ4n) is 1.80. The first-order valence-electron chi connectivity index (χ1n) is 6.66. The molecule has 0 radical (unpaired) electrons. The van der Waals surface area contributed by atoms with Crippen LogP contribution in [0.15, 0.2) is 36.4 Å². The smallest absolute Gasteiger partial charge is 0.233 e. The van der Waals surface area contributed by atoms with Crippen molar-refractivity contribution in [2.75, 3.05) is 10.6 Å². The molecule has 2 aromatic rings. The van der Waals surface area contributed by atoms with Gasteiger partial charge >= 0.3 is 0 Å². The van der Waals surface area contributed by atoms with Crippen molar-refractivity contribution in [3.8, 4) is 0 Å². The zero-order valence-electron chi connectivity index (χ0n) is 12.1. The molecular weight excluding hydrogens is 359 g/mol. The normalized spacial score (nSPS) is 10.3. The van der Waals surface area contributed by atoms with Gasteiger partial charge in [-0.2, -0.15) is 0 Å². The highest BCUT2D eigenvalue weighted by atomic mass is 35.5. The highest BCUT2D eigenvalue weighted by Gasteiger charge is 2.11. The predicted octanol–water partition coefficient (Wildman–Crippen LogP) is 4.92. The van der Waals surface area contributed by atoms with Gasteiger partial charge < -0.3 is 10.6 Å². The molecule has 0 saturated carbocycles. The Labute approximate surface area is 148 Å². The van der Waals surface area contributed by atoms with Crippen molar-refractivity contribution in [1.82, 2.24) is 0 Å². The van der Waals surface area contributed by atoms with E-state index in [-0.39, 0.29) is 6.42 Å². The molecule has 2 N–H and O–H groups in total. The van der Waals surface area contributed by atoms with Crippen LogP contribution in [0.25, 0.3) is 0 Å². The molecule has 2 rings (SSSR count). The third-order valence-corrected chi connectivity index (χ3v) is 4.13. The van der Waals surface area contributed by atoms with Crippen LogP contribution in [0.2, 0.25) is 15.1 Å². The van der Waals surface area contributed by atoms with Gasteiger partial charge in [0.25, 0.3) is 0 Å². The van der Waals surface area contributed by atoms with Crippen LogP contribution in [-0.4, -0.2) is 11.8 Å². The monoisotopic (exact) mass is 370 g/mol. The number of hydrogen-bond acceptors (Lipinski definition) is 2. The second kappa shape index (κ2) is 7.68. The molecule has 0 spiro atoms. The Bertz CT molecular complexity index is 699. The summed E-state index contributed by atoms with van der Waals surface area (Å²) in [4.78, 5) is 23.7. The van der Waals surface area contributed by atoms with Crippen LogP contribution in [0, 0.1) is 6.92 Å². The van der Waals surface area contributed by atoms with Crippen LogP contribution < -0.4 is 10.6 Å². The second-order valence-corrected chi connectivity index (χ2v) is 6.09. The van der Waals surface area contributed by atoms with Crippen molar-refractivity contribution >= 4 is 58.0 Å². The number of halogens is 3. The molecule has 2 amide bonds. The number of anilines is 2. The van der Waals surface area contributed by atoms with Gasteiger partial charge in [-0.05, 0) is 42.8 Å². The highest BCUT2D eigenvalue weighted by molar-refractivity contribution is 6.42. The number of hydrogen-bond donors (Lipinski definition) is 2. The first-order chi connectivity index (χ1) is 10.8. The Balaban J connectivity index is 1.92. The summed E-state index contributed by atoms with van der Waals surface area (Å²) in [5.74, 6) is -0.901. The number of amides is 2. The van der Waals surface area contributed by atoms with Gasteiger partial charge in [0, 0.05) is 16.4 Å². The van der Waals surface area contributed by atoms with E-state index >= 15 is 0 Å². The summed E-state index contributed by atoms with van der Waals surface area (Å²) in [6.45, 7) is 1.86. The molecule has 0 aliphatic rings. The molecule has 23 heavy (non-hydrogen) atoms. The Morgan fingerprint density at radius 2 is 1.35 bits per heavy atom. The minimum atomic E-state index is -0.459. The van der Waals surface area contributed by atoms with E-state index in [1.165, 1.54) is 6.07 Å². The summed E-state index contributed by atoms with van der Waals surface area (Å²) < 4.78 is 0. The topological polar surface area (TPSA) is 58.2 Å². The minimum absolute atomic E-state index is 0.322. The Kier molecular flexibility index (Phi) is 5.88. The number of benzene rings is 2. The van der Waals surface area contributed by atoms with Gasteiger partial charge in [0.2, 0.25) is 11.8 Å². The van der Waals surface area contributed by atoms with E-state index in [9.17, 15) is 9.59 Å². The van der Waals surface area contributed by atoms with E-state index in [0.717, 1.165) is 5.56 Å². The molecule has 0 unspecified atom stereocenters. The molecular formula is C16H13Cl3N2O2. The van der Waals surface area contributed by atoms with Gasteiger partial charge in [-0.1, -0.05) is 40.9 Å². The zero-order valence-corrected chi connectivity index (χ0v) is 14.4. The Morgan fingerprint density at radius 3 is 1.87 bits per heavy atom. The summed E-state index contributed by atoms with van der Waals surface area (Å²) in [5.41, 5.74) is 1.91. The lowest BCUT2D eigenvalue weighted by molar-refractivity contribution is -0.123. The lowest BCUT2D eigenvalue weighted by atomic mass is 10.2. The summed E-state index contributed by atoms with van der Waals surface area (Å²) in [7, 11) is 0. The first kappa shape index (κ1) is 17.6. The van der Waals surface area contributed by atoms with Crippen LogP contribution in [-0.2, 0) is 9.59 Å². The predicted molar refractivity (Wildman–Crippen MR) is 94.5 cm³/mol. The van der Waals surface area contributed by atoms with E-state index in [1.54, 1.807) is 30.3 Å². The molecule has 0 fully saturated rings. The average molecular weight is 372 g/mol. The van der Waals surface area contributed by atoms with Crippen LogP contribution in [0.4, 0.5) is 11.4 Å². The third-order valence-electron chi connectivity index (χ3n) is 2.98. The summed E-state index contributed by atoms with van der Waals surface area (Å²) in [6.07, 6.45) is -0.328. The van der Waals surface area contributed by atoms with Crippen molar-refractivity contribution in [3.05, 3.63) is 57.0 Å². The number of carbonyl (C=O) groups is 2. The summed E-state index contributed by atoms with van der Waals surface area (Å²) in [6, 6.07) is 9.81. The third kappa shape index (κ3) is 5.13. The lowest BCUT2D eigenvalue weighted by Crippen LogP contribution is -2.21. The van der Waals surface area contributed by atoms with E-state index < -0.39 is 11.8 Å². The fourth-order valence-corrected chi connectivity index (χ4v) is 2.28. The maximum atomic E-state index is 11.9. The number of rotatable bonds is 4. The second-order valence-electron chi connectivity index (χ2n) is 4.87. The van der Waals surface area contributed by atoms with Crippen molar-refractivity contribution in [1.29, 1.82) is 0 Å². The van der Waals surface area contributed by atoms with E-state index in [0.29, 0.717) is 26.4 Å². The molecule has 0 atom stereocenters. The molecule has 0 aliphatic carbocycles. The molecule has 0 saturated heterocycles. The summed E-state index contributed by atoms with van der Waals surface area (Å²) in [5, 5.41) is 6.45. The van der Waals surface area contributed by atoms with Crippen LogP contribution >= 0.6 is 34.8 Å². The van der Waals surface area contributed by atoms with E-state index in [2.05, 4.69) is 10.6 Å². The lowest BCUT2D eigenvalue weighted by Gasteiger charge is -2.08. The van der Waals surface area contributed by atoms with Gasteiger partial charge in [-0.3, -0.25) is 9.59 Å². The molecule has 0 heterocycles. The van der Waals surface area contributed by atoms with Gasteiger partial charge in [-0.15, -0.1) is 0 Å². The number of nitrogens with one attached hydrogen (secondary N) is 2. The zero-order chi connectivity index (χ0) is 17.0. The molecule has 120 valence electrons. The number of aryl methyl sites for hydroxylation is 1. The van der Waals surface area contributed by atoms with Gasteiger partial charge in [-0.25, -0.2) is 0 Å². The largest absolute Gasteiger partial charge is 0.326 e. The SMILES string of the molecule is Cc1ccc(NC(=O)CC(=O)Nc2ccc(Cl)c(Cl)c2)cc1Cl. The standard InChI is InChI=1S/C16H13Cl3N2O2/c1-9-2-3-10(6-13(9)18)20-15(22)8-16(23)21-11-4-5-12(17)14(19)7-11/h2-7H,8H2,1H3,(H,20,22)(H,21,23). The molecule has 0 bridgehead atoms. The van der Waals surface area contributed by atoms with Crippen molar-refractivity contribution in [3.63, 3.8) is 0 Å². The van der Waals surface area contributed by atoms with E-state index in [4.69, 9.17) is 34.8 Å². The van der Waals surface area contributed by atoms with Crippen LogP contribution in [0.3, 0.4) is 0 Å². The van der Waals surface area contributed by atoms with Crippen molar-refractivity contribution in [2.24, 2.45) is 0 Å². The van der Waals surface area contributed by atoms with Gasteiger partial charge in [0.05, 0.1) is 10.0 Å². The molecule has 0 aromatic heterocycles. The minimum Gasteiger partial charge on any atom is -0.326 e. The Morgan fingerprint density at radius 1 is 0.826 bits per heavy atom. The van der Waals surface area contributed by atoms with Gasteiger partial charge in [0.15, 0.2) is 0 Å². The maximum absolute atomic E-state index is 11.9. The van der Waals surface area contributed by atoms with Gasteiger partial charge in [0.1, 0.15) is 6.42 Å². The van der Waals surface area contributed by atoms with E-state index in [1.807, 2.05) is 6.92 Å². The van der Waals surface area contributed by atoms with Crippen molar-refractivity contribution < 1.29 is 9.59 Å². The Hall–Kier alpha value is -1.75. The number of carbonyl (C=O) groups excluding carboxylic acids is 2. The first-order valence-corrected chi connectivity index (χ1v) is 7.79. The molecule has 7 heteroatoms. The highest BCUT2D eigenvalue weighted by Crippen LogP contribution is 2.25. The quantitative estimate of drug-likeness (QED) is 0.749. The maximum Gasteiger partial charge on any atom is 0.233 e. The molecule has 2 aromatic carbocycles. The molecule has 0 aliphatic heterocycles.